The minimum Gasteiger partial charge on any atom is -0.493 e. The molecular formula is C23H22BrClFNO2. The highest BCUT2D eigenvalue weighted by Gasteiger charge is 2.12. The van der Waals surface area contributed by atoms with Crippen molar-refractivity contribution in [3.8, 4) is 11.5 Å². The molecule has 0 saturated carbocycles. The Morgan fingerprint density at radius 3 is 2.34 bits per heavy atom. The lowest BCUT2D eigenvalue weighted by molar-refractivity contribution is 0.282. The summed E-state index contributed by atoms with van der Waals surface area (Å²) in [6, 6.07) is 18.1. The van der Waals surface area contributed by atoms with E-state index in [1.807, 2.05) is 48.5 Å². The molecule has 1 N–H and O–H groups in total. The van der Waals surface area contributed by atoms with Crippen molar-refractivity contribution in [2.45, 2.75) is 19.6 Å². The lowest BCUT2D eigenvalue weighted by Crippen LogP contribution is -2.16. The van der Waals surface area contributed by atoms with Gasteiger partial charge in [-0.1, -0.05) is 35.9 Å². The van der Waals surface area contributed by atoms with Crippen molar-refractivity contribution in [3.63, 3.8) is 0 Å². The highest BCUT2D eigenvalue weighted by Crippen LogP contribution is 2.37. The number of rotatable bonds is 9. The summed E-state index contributed by atoms with van der Waals surface area (Å²) in [5, 5.41) is 4.10. The van der Waals surface area contributed by atoms with Crippen LogP contribution >= 0.6 is 27.5 Å². The maximum atomic E-state index is 13.0. The molecule has 0 fully saturated rings. The molecule has 0 aromatic heterocycles. The predicted molar refractivity (Wildman–Crippen MR) is 118 cm³/mol. The van der Waals surface area contributed by atoms with Gasteiger partial charge >= 0.3 is 0 Å². The minimum atomic E-state index is -0.211. The summed E-state index contributed by atoms with van der Waals surface area (Å²) in [6.45, 7) is 1.90. The fraction of sp³-hybridized carbons (Fsp3) is 0.217. The summed E-state index contributed by atoms with van der Waals surface area (Å²) in [6.07, 6.45) is 0.834. The van der Waals surface area contributed by atoms with Gasteiger partial charge in [-0.3, -0.25) is 0 Å². The molecule has 0 unspecified atom stereocenters. The normalized spacial score (nSPS) is 10.8. The van der Waals surface area contributed by atoms with Gasteiger partial charge in [-0.2, -0.15) is 0 Å². The van der Waals surface area contributed by atoms with Crippen molar-refractivity contribution in [3.05, 3.63) is 92.7 Å². The third-order valence-electron chi connectivity index (χ3n) is 4.42. The maximum absolute atomic E-state index is 13.0. The molecule has 152 valence electrons. The van der Waals surface area contributed by atoms with Crippen LogP contribution < -0.4 is 14.8 Å². The Morgan fingerprint density at radius 1 is 0.966 bits per heavy atom. The largest absolute Gasteiger partial charge is 0.493 e. The molecule has 3 aromatic carbocycles. The van der Waals surface area contributed by atoms with E-state index >= 15 is 0 Å². The van der Waals surface area contributed by atoms with Crippen molar-refractivity contribution in [1.82, 2.24) is 5.32 Å². The van der Waals surface area contributed by atoms with Crippen molar-refractivity contribution in [2.24, 2.45) is 0 Å². The van der Waals surface area contributed by atoms with Gasteiger partial charge in [-0.05, 0) is 82.0 Å². The van der Waals surface area contributed by atoms with E-state index in [4.69, 9.17) is 21.1 Å². The fourth-order valence-electron chi connectivity index (χ4n) is 2.87. The predicted octanol–water partition coefficient (Wildman–Crippen LogP) is 6.16. The quantitative estimate of drug-likeness (QED) is 0.374. The Balaban J connectivity index is 1.57. The van der Waals surface area contributed by atoms with Crippen LogP contribution in [0.25, 0.3) is 0 Å². The molecule has 0 atom stereocenters. The zero-order valence-electron chi connectivity index (χ0n) is 16.1. The van der Waals surface area contributed by atoms with Crippen LogP contribution in [-0.2, 0) is 19.6 Å². The van der Waals surface area contributed by atoms with Crippen LogP contribution in [0, 0.1) is 5.82 Å². The topological polar surface area (TPSA) is 30.5 Å². The Morgan fingerprint density at radius 2 is 1.66 bits per heavy atom. The van der Waals surface area contributed by atoms with Crippen molar-refractivity contribution in [1.29, 1.82) is 0 Å². The summed E-state index contributed by atoms with van der Waals surface area (Å²) in [5.74, 6) is 1.12. The second-order valence-electron chi connectivity index (χ2n) is 6.58. The zero-order valence-corrected chi connectivity index (χ0v) is 18.4. The molecule has 3 rings (SSSR count). The third kappa shape index (κ3) is 6.46. The molecule has 3 aromatic rings. The monoisotopic (exact) mass is 477 g/mol. The van der Waals surface area contributed by atoms with Gasteiger partial charge in [-0.25, -0.2) is 4.39 Å². The first kappa shape index (κ1) is 21.6. The first-order valence-corrected chi connectivity index (χ1v) is 10.4. The lowest BCUT2D eigenvalue weighted by atomic mass is 10.1. The molecule has 0 radical (unpaired) electrons. The highest BCUT2D eigenvalue weighted by molar-refractivity contribution is 9.10. The molecule has 0 saturated heterocycles. The van der Waals surface area contributed by atoms with Gasteiger partial charge in [0.2, 0.25) is 0 Å². The number of halogens is 3. The molecule has 6 heteroatoms. The first-order valence-electron chi connectivity index (χ1n) is 9.24. The van der Waals surface area contributed by atoms with E-state index in [2.05, 4.69) is 21.2 Å². The van der Waals surface area contributed by atoms with Crippen LogP contribution in [0.5, 0.6) is 11.5 Å². The zero-order chi connectivity index (χ0) is 20.6. The SMILES string of the molecule is COc1cc(CNCCc2ccc(F)cc2)cc(Br)c1OCc1ccc(Cl)cc1. The Hall–Kier alpha value is -2.08. The van der Waals surface area contributed by atoms with Gasteiger partial charge < -0.3 is 14.8 Å². The van der Waals surface area contributed by atoms with Gasteiger partial charge in [0.1, 0.15) is 12.4 Å². The summed E-state index contributed by atoms with van der Waals surface area (Å²) in [5.41, 5.74) is 3.20. The van der Waals surface area contributed by atoms with Gasteiger partial charge in [0.15, 0.2) is 11.5 Å². The molecule has 0 heterocycles. The standard InChI is InChI=1S/C23H22BrClFNO2/c1-28-22-13-18(14-27-11-10-16-4-8-20(26)9-5-16)12-21(24)23(22)29-15-17-2-6-19(25)7-3-17/h2-9,12-13,27H,10-11,14-15H2,1H3. The number of benzene rings is 3. The molecule has 29 heavy (non-hydrogen) atoms. The second kappa shape index (κ2) is 10.6. The van der Waals surface area contributed by atoms with Gasteiger partial charge in [-0.15, -0.1) is 0 Å². The van der Waals surface area contributed by atoms with Crippen molar-refractivity contribution >= 4 is 27.5 Å². The molecule has 0 bridgehead atoms. The van der Waals surface area contributed by atoms with Crippen LogP contribution in [0.2, 0.25) is 5.02 Å². The first-order chi connectivity index (χ1) is 14.0. The smallest absolute Gasteiger partial charge is 0.175 e. The summed E-state index contributed by atoms with van der Waals surface area (Å²) >= 11 is 9.51. The second-order valence-corrected chi connectivity index (χ2v) is 7.87. The van der Waals surface area contributed by atoms with Crippen LogP contribution in [0.3, 0.4) is 0 Å². The number of methoxy groups -OCH3 is 1. The van der Waals surface area contributed by atoms with Crippen LogP contribution in [-0.4, -0.2) is 13.7 Å². The molecule has 0 aliphatic rings. The van der Waals surface area contributed by atoms with E-state index in [1.54, 1.807) is 7.11 Å². The number of nitrogens with one attached hydrogen (secondary N) is 1. The average molecular weight is 479 g/mol. The summed E-state index contributed by atoms with van der Waals surface area (Å²) < 4.78 is 25.3. The third-order valence-corrected chi connectivity index (χ3v) is 5.26. The molecule has 0 spiro atoms. The van der Waals surface area contributed by atoms with Gasteiger partial charge in [0.25, 0.3) is 0 Å². The van der Waals surface area contributed by atoms with E-state index in [1.165, 1.54) is 12.1 Å². The van der Waals surface area contributed by atoms with Gasteiger partial charge in [0, 0.05) is 11.6 Å². The summed E-state index contributed by atoms with van der Waals surface area (Å²) in [4.78, 5) is 0. The van der Waals surface area contributed by atoms with Crippen LogP contribution in [0.4, 0.5) is 4.39 Å². The Bertz CT molecular complexity index is 933. The number of hydrogen-bond acceptors (Lipinski definition) is 3. The minimum absolute atomic E-state index is 0.211. The van der Waals surface area contributed by atoms with Gasteiger partial charge in [0.05, 0.1) is 11.6 Å². The van der Waals surface area contributed by atoms with Crippen molar-refractivity contribution < 1.29 is 13.9 Å². The maximum Gasteiger partial charge on any atom is 0.175 e. The molecule has 0 aliphatic heterocycles. The molecular weight excluding hydrogens is 457 g/mol. The number of ether oxygens (including phenoxy) is 2. The number of hydrogen-bond donors (Lipinski definition) is 1. The average Bonchev–Trinajstić information content (AvgIpc) is 2.72. The Kier molecular flexibility index (Phi) is 7.92. The van der Waals surface area contributed by atoms with Crippen molar-refractivity contribution in [2.75, 3.05) is 13.7 Å². The molecule has 0 amide bonds. The molecule has 3 nitrogen and oxygen atoms in total. The van der Waals surface area contributed by atoms with E-state index in [-0.39, 0.29) is 5.82 Å². The fourth-order valence-corrected chi connectivity index (χ4v) is 3.60. The van der Waals surface area contributed by atoms with E-state index in [0.717, 1.165) is 34.1 Å². The van der Waals surface area contributed by atoms with E-state index < -0.39 is 0 Å². The van der Waals surface area contributed by atoms with E-state index in [9.17, 15) is 4.39 Å². The highest BCUT2D eigenvalue weighted by atomic mass is 79.9. The van der Waals surface area contributed by atoms with E-state index in [0.29, 0.717) is 29.7 Å². The Labute approximate surface area is 183 Å². The summed E-state index contributed by atoms with van der Waals surface area (Å²) in [7, 11) is 1.63. The molecule has 0 aliphatic carbocycles. The van der Waals surface area contributed by atoms with Crippen LogP contribution in [0.1, 0.15) is 16.7 Å². The van der Waals surface area contributed by atoms with Crippen LogP contribution in [0.15, 0.2) is 65.1 Å². The lowest BCUT2D eigenvalue weighted by Gasteiger charge is -2.15.